The van der Waals surface area contributed by atoms with Crippen LogP contribution in [0.15, 0.2) is 12.1 Å². The molecule has 0 aromatic carbocycles. The van der Waals surface area contributed by atoms with Gasteiger partial charge in [0.15, 0.2) is 0 Å². The van der Waals surface area contributed by atoms with Crippen LogP contribution < -0.4 is 0 Å². The molecule has 1 aromatic rings. The van der Waals surface area contributed by atoms with Gasteiger partial charge < -0.3 is 10.0 Å². The molecule has 5 heteroatoms. The lowest BCUT2D eigenvalue weighted by Crippen LogP contribution is -2.45. The highest BCUT2D eigenvalue weighted by Crippen LogP contribution is 2.20. The first kappa shape index (κ1) is 14.3. The van der Waals surface area contributed by atoms with Crippen molar-refractivity contribution in [1.82, 2.24) is 9.88 Å². The Balaban J connectivity index is 2.17. The number of rotatable bonds is 2. The molecule has 19 heavy (non-hydrogen) atoms. The van der Waals surface area contributed by atoms with Crippen molar-refractivity contribution in [2.24, 2.45) is 5.92 Å². The fourth-order valence-corrected chi connectivity index (χ4v) is 2.58. The van der Waals surface area contributed by atoms with Gasteiger partial charge in [-0.15, -0.1) is 0 Å². The van der Waals surface area contributed by atoms with E-state index in [0.717, 1.165) is 12.1 Å². The van der Waals surface area contributed by atoms with Crippen LogP contribution in [0.5, 0.6) is 0 Å². The topological polar surface area (TPSA) is 53.4 Å². The van der Waals surface area contributed by atoms with Crippen LogP contribution in [0.1, 0.15) is 36.3 Å². The van der Waals surface area contributed by atoms with Crippen molar-refractivity contribution in [3.8, 4) is 0 Å². The molecule has 1 aliphatic rings. The second kappa shape index (κ2) is 5.88. The Labute approximate surface area is 118 Å². The molecule has 0 saturated carbocycles. The average molecular weight is 283 g/mol. The van der Waals surface area contributed by atoms with Gasteiger partial charge in [0.25, 0.3) is 5.91 Å². The number of nitrogens with zero attached hydrogens (tertiary/aromatic N) is 2. The zero-order valence-electron chi connectivity index (χ0n) is 11.3. The predicted octanol–water partition coefficient (Wildman–Crippen LogP) is 2.14. The van der Waals surface area contributed by atoms with Crippen LogP contribution in [0, 0.1) is 5.92 Å². The minimum Gasteiger partial charge on any atom is -0.393 e. The summed E-state index contributed by atoms with van der Waals surface area (Å²) in [6.07, 6.45) is 1.07. The van der Waals surface area contributed by atoms with E-state index in [1.165, 1.54) is 0 Å². The number of halogens is 1. The van der Waals surface area contributed by atoms with Crippen molar-refractivity contribution >= 4 is 17.5 Å². The molecule has 1 N–H and O–H groups in total. The van der Waals surface area contributed by atoms with Gasteiger partial charge in [-0.25, -0.2) is 4.98 Å². The van der Waals surface area contributed by atoms with Crippen molar-refractivity contribution in [2.45, 2.75) is 32.8 Å². The Bertz CT molecular complexity index is 479. The number of pyridine rings is 1. The normalized spacial score (nSPS) is 23.5. The molecule has 2 unspecified atom stereocenters. The zero-order chi connectivity index (χ0) is 14.0. The molecule has 1 amide bonds. The van der Waals surface area contributed by atoms with Crippen molar-refractivity contribution in [2.75, 3.05) is 13.1 Å². The van der Waals surface area contributed by atoms with Crippen LogP contribution >= 0.6 is 11.6 Å². The number of aliphatic hydroxyl groups excluding tert-OH is 1. The van der Waals surface area contributed by atoms with Crippen LogP contribution in [-0.2, 0) is 6.42 Å². The second-order valence-electron chi connectivity index (χ2n) is 5.11. The van der Waals surface area contributed by atoms with Gasteiger partial charge in [-0.2, -0.15) is 0 Å². The Hall–Kier alpha value is -1.13. The highest BCUT2D eigenvalue weighted by atomic mass is 35.5. The summed E-state index contributed by atoms with van der Waals surface area (Å²) in [6, 6.07) is 3.41. The molecular weight excluding hydrogens is 264 g/mol. The number of aliphatic hydroxyl groups is 1. The lowest BCUT2D eigenvalue weighted by molar-refractivity contribution is 0.0297. The van der Waals surface area contributed by atoms with E-state index < -0.39 is 0 Å². The predicted molar refractivity (Wildman–Crippen MR) is 74.3 cm³/mol. The number of aryl methyl sites for hydroxylation is 1. The Morgan fingerprint density at radius 2 is 2.32 bits per heavy atom. The van der Waals surface area contributed by atoms with Gasteiger partial charge in [-0.3, -0.25) is 4.79 Å². The summed E-state index contributed by atoms with van der Waals surface area (Å²) in [4.78, 5) is 18.4. The number of carbonyl (C=O) groups is 1. The highest BCUT2D eigenvalue weighted by molar-refractivity contribution is 6.29. The van der Waals surface area contributed by atoms with Gasteiger partial charge in [0.05, 0.1) is 6.10 Å². The SMILES string of the molecule is CCc1cc(C(=O)N2CCC(O)C(C)C2)cc(Cl)n1. The summed E-state index contributed by atoms with van der Waals surface area (Å²) < 4.78 is 0. The van der Waals surface area contributed by atoms with E-state index in [4.69, 9.17) is 11.6 Å². The Morgan fingerprint density at radius 1 is 1.58 bits per heavy atom. The molecule has 1 fully saturated rings. The molecule has 1 aromatic heterocycles. The molecule has 2 atom stereocenters. The molecule has 0 aliphatic carbocycles. The molecular formula is C14H19ClN2O2. The maximum atomic E-state index is 12.4. The van der Waals surface area contributed by atoms with E-state index >= 15 is 0 Å². The van der Waals surface area contributed by atoms with Gasteiger partial charge in [0, 0.05) is 24.3 Å². The first-order chi connectivity index (χ1) is 9.01. The van der Waals surface area contributed by atoms with Crippen LogP contribution in [0.4, 0.5) is 0 Å². The third-order valence-corrected chi connectivity index (χ3v) is 3.80. The summed E-state index contributed by atoms with van der Waals surface area (Å²) >= 11 is 5.94. The van der Waals surface area contributed by atoms with E-state index in [-0.39, 0.29) is 17.9 Å². The molecule has 0 radical (unpaired) electrons. The molecule has 1 saturated heterocycles. The molecule has 0 bridgehead atoms. The minimum atomic E-state index is -0.309. The first-order valence-electron chi connectivity index (χ1n) is 6.65. The Kier molecular flexibility index (Phi) is 4.42. The number of hydrogen-bond donors (Lipinski definition) is 1. The van der Waals surface area contributed by atoms with Gasteiger partial charge in [-0.1, -0.05) is 25.4 Å². The zero-order valence-corrected chi connectivity index (χ0v) is 12.0. The van der Waals surface area contributed by atoms with E-state index in [9.17, 15) is 9.90 Å². The third-order valence-electron chi connectivity index (χ3n) is 3.60. The molecule has 2 rings (SSSR count). The standard InChI is InChI=1S/C14H19ClN2O2/c1-3-11-6-10(7-13(15)16-11)14(19)17-5-4-12(18)9(2)8-17/h6-7,9,12,18H,3-5,8H2,1-2H3. The number of piperidine rings is 1. The van der Waals surface area contributed by atoms with Crippen molar-refractivity contribution in [3.63, 3.8) is 0 Å². The average Bonchev–Trinajstić information content (AvgIpc) is 2.40. The van der Waals surface area contributed by atoms with Crippen LogP contribution in [-0.4, -0.2) is 40.1 Å². The third kappa shape index (κ3) is 3.25. The van der Waals surface area contributed by atoms with E-state index in [1.807, 2.05) is 13.8 Å². The molecule has 4 nitrogen and oxygen atoms in total. The van der Waals surface area contributed by atoms with Crippen molar-refractivity contribution in [1.29, 1.82) is 0 Å². The lowest BCUT2D eigenvalue weighted by atomic mass is 9.96. The van der Waals surface area contributed by atoms with Crippen LogP contribution in [0.2, 0.25) is 5.15 Å². The van der Waals surface area contributed by atoms with E-state index in [1.54, 1.807) is 17.0 Å². The number of carbonyl (C=O) groups excluding carboxylic acids is 1. The summed E-state index contributed by atoms with van der Waals surface area (Å²) in [5, 5.41) is 10.1. The monoisotopic (exact) mass is 282 g/mol. The van der Waals surface area contributed by atoms with Gasteiger partial charge in [0.2, 0.25) is 0 Å². The first-order valence-corrected chi connectivity index (χ1v) is 7.03. The maximum Gasteiger partial charge on any atom is 0.254 e. The van der Waals surface area contributed by atoms with Gasteiger partial charge >= 0.3 is 0 Å². The largest absolute Gasteiger partial charge is 0.393 e. The summed E-state index contributed by atoms with van der Waals surface area (Å²) in [6.45, 7) is 5.11. The summed E-state index contributed by atoms with van der Waals surface area (Å²) in [7, 11) is 0. The fraction of sp³-hybridized carbons (Fsp3) is 0.571. The molecule has 0 spiro atoms. The number of likely N-dealkylation sites (tertiary alicyclic amines) is 1. The quantitative estimate of drug-likeness (QED) is 0.846. The van der Waals surface area contributed by atoms with Crippen LogP contribution in [0.25, 0.3) is 0 Å². The second-order valence-corrected chi connectivity index (χ2v) is 5.50. The maximum absolute atomic E-state index is 12.4. The minimum absolute atomic E-state index is 0.0299. The van der Waals surface area contributed by atoms with Gasteiger partial charge in [-0.05, 0) is 30.9 Å². The summed E-state index contributed by atoms with van der Waals surface area (Å²) in [5.74, 6) is 0.0819. The number of amides is 1. The van der Waals surface area contributed by atoms with Crippen LogP contribution in [0.3, 0.4) is 0 Å². The lowest BCUT2D eigenvalue weighted by Gasteiger charge is -2.34. The molecule has 1 aliphatic heterocycles. The van der Waals surface area contributed by atoms with Gasteiger partial charge in [0.1, 0.15) is 5.15 Å². The molecule has 2 heterocycles. The van der Waals surface area contributed by atoms with Crippen molar-refractivity contribution < 1.29 is 9.90 Å². The van der Waals surface area contributed by atoms with E-state index in [0.29, 0.717) is 30.2 Å². The number of aromatic nitrogens is 1. The molecule has 104 valence electrons. The van der Waals surface area contributed by atoms with E-state index in [2.05, 4.69) is 4.98 Å². The highest BCUT2D eigenvalue weighted by Gasteiger charge is 2.28. The fourth-order valence-electron chi connectivity index (χ4n) is 2.36. The number of hydrogen-bond acceptors (Lipinski definition) is 3. The smallest absolute Gasteiger partial charge is 0.254 e. The summed E-state index contributed by atoms with van der Waals surface area (Å²) in [5.41, 5.74) is 1.40. The van der Waals surface area contributed by atoms with Crippen molar-refractivity contribution in [3.05, 3.63) is 28.5 Å². The Morgan fingerprint density at radius 3 is 2.95 bits per heavy atom.